The molecular formula is C18H20N2O. The van der Waals surface area contributed by atoms with Crippen molar-refractivity contribution in [3.8, 4) is 0 Å². The molecule has 1 heterocycles. The fraction of sp³-hybridized carbons (Fsp3) is 0.278. The molecule has 3 heteroatoms. The first kappa shape index (κ1) is 13.8. The molecule has 0 atom stereocenters. The third-order valence-electron chi connectivity index (χ3n) is 4.07. The summed E-state index contributed by atoms with van der Waals surface area (Å²) in [5.74, 6) is 0.168. The molecule has 0 amide bonds. The Bertz CT molecular complexity index is 651. The van der Waals surface area contributed by atoms with Crippen LogP contribution in [0, 0.1) is 0 Å². The summed E-state index contributed by atoms with van der Waals surface area (Å²) in [6.45, 7) is 2.78. The number of nitrogen functional groups attached to an aromatic ring is 1. The van der Waals surface area contributed by atoms with E-state index in [1.54, 1.807) is 12.1 Å². The van der Waals surface area contributed by atoms with Crippen molar-refractivity contribution in [1.82, 2.24) is 4.90 Å². The van der Waals surface area contributed by atoms with Crippen molar-refractivity contribution in [1.29, 1.82) is 0 Å². The van der Waals surface area contributed by atoms with Gasteiger partial charge in [-0.05, 0) is 29.7 Å². The number of Topliss-reactive ketones (excluding diaryl/α,β-unsaturated/α-hetero) is 1. The average molecular weight is 280 g/mol. The van der Waals surface area contributed by atoms with E-state index in [0.717, 1.165) is 26.1 Å². The van der Waals surface area contributed by atoms with Crippen LogP contribution in [-0.4, -0.2) is 23.8 Å². The van der Waals surface area contributed by atoms with Crippen LogP contribution >= 0.6 is 0 Å². The summed E-state index contributed by atoms with van der Waals surface area (Å²) in [5, 5.41) is 0. The first-order valence-corrected chi connectivity index (χ1v) is 7.40. The molecule has 0 radical (unpaired) electrons. The van der Waals surface area contributed by atoms with Crippen LogP contribution in [-0.2, 0) is 13.0 Å². The lowest BCUT2D eigenvalue weighted by Crippen LogP contribution is -2.32. The predicted molar refractivity (Wildman–Crippen MR) is 85.2 cm³/mol. The summed E-state index contributed by atoms with van der Waals surface area (Å²) < 4.78 is 0. The summed E-state index contributed by atoms with van der Waals surface area (Å²) >= 11 is 0. The van der Waals surface area contributed by atoms with E-state index in [9.17, 15) is 4.79 Å². The summed E-state index contributed by atoms with van der Waals surface area (Å²) in [5.41, 5.74) is 9.92. The zero-order valence-electron chi connectivity index (χ0n) is 12.1. The molecule has 2 aromatic rings. The monoisotopic (exact) mass is 280 g/mol. The maximum absolute atomic E-state index is 12.2. The van der Waals surface area contributed by atoms with Gasteiger partial charge in [-0.2, -0.15) is 0 Å². The van der Waals surface area contributed by atoms with Gasteiger partial charge in [0.05, 0.1) is 0 Å². The molecule has 0 aliphatic carbocycles. The van der Waals surface area contributed by atoms with E-state index in [2.05, 4.69) is 29.2 Å². The molecular weight excluding hydrogens is 260 g/mol. The van der Waals surface area contributed by atoms with E-state index < -0.39 is 0 Å². The summed E-state index contributed by atoms with van der Waals surface area (Å²) in [7, 11) is 0. The lowest BCUT2D eigenvalue weighted by Gasteiger charge is -2.28. The molecule has 2 N–H and O–H groups in total. The molecule has 0 bridgehead atoms. The molecule has 0 saturated carbocycles. The maximum atomic E-state index is 12.2. The highest BCUT2D eigenvalue weighted by Gasteiger charge is 2.16. The number of hydrogen-bond acceptors (Lipinski definition) is 3. The van der Waals surface area contributed by atoms with Crippen molar-refractivity contribution < 1.29 is 4.79 Å². The molecule has 2 aromatic carbocycles. The highest BCUT2D eigenvalue weighted by Crippen LogP contribution is 2.19. The van der Waals surface area contributed by atoms with Crippen molar-refractivity contribution in [2.45, 2.75) is 19.4 Å². The Labute approximate surface area is 125 Å². The van der Waals surface area contributed by atoms with Crippen molar-refractivity contribution >= 4 is 11.5 Å². The van der Waals surface area contributed by atoms with Crippen molar-refractivity contribution in [3.05, 3.63) is 65.2 Å². The topological polar surface area (TPSA) is 46.3 Å². The van der Waals surface area contributed by atoms with Gasteiger partial charge in [0.15, 0.2) is 5.78 Å². The number of rotatable bonds is 4. The smallest absolute Gasteiger partial charge is 0.164 e. The largest absolute Gasteiger partial charge is 0.399 e. The second-order valence-electron chi connectivity index (χ2n) is 5.59. The molecule has 21 heavy (non-hydrogen) atoms. The number of ketones is 1. The van der Waals surface area contributed by atoms with E-state index in [4.69, 9.17) is 5.73 Å². The average Bonchev–Trinajstić information content (AvgIpc) is 2.52. The number of anilines is 1. The van der Waals surface area contributed by atoms with E-state index >= 15 is 0 Å². The molecule has 0 unspecified atom stereocenters. The van der Waals surface area contributed by atoms with Crippen LogP contribution in [0.1, 0.15) is 27.9 Å². The molecule has 1 aliphatic heterocycles. The molecule has 1 aliphatic rings. The molecule has 0 fully saturated rings. The normalized spacial score (nSPS) is 14.7. The van der Waals surface area contributed by atoms with Gasteiger partial charge in [0.2, 0.25) is 0 Å². The highest BCUT2D eigenvalue weighted by molar-refractivity contribution is 5.96. The Morgan fingerprint density at radius 1 is 1.10 bits per heavy atom. The second-order valence-corrected chi connectivity index (χ2v) is 5.59. The van der Waals surface area contributed by atoms with Crippen LogP contribution in [0.25, 0.3) is 0 Å². The maximum Gasteiger partial charge on any atom is 0.164 e. The van der Waals surface area contributed by atoms with Gasteiger partial charge in [0.1, 0.15) is 0 Å². The summed E-state index contributed by atoms with van der Waals surface area (Å²) in [6.07, 6.45) is 1.62. The molecule has 3 rings (SSSR count). The van der Waals surface area contributed by atoms with Crippen molar-refractivity contribution in [3.63, 3.8) is 0 Å². The van der Waals surface area contributed by atoms with Crippen LogP contribution in [0.15, 0.2) is 48.5 Å². The molecule has 0 aromatic heterocycles. The van der Waals surface area contributed by atoms with E-state index in [-0.39, 0.29) is 5.78 Å². The van der Waals surface area contributed by atoms with Crippen molar-refractivity contribution in [2.75, 3.05) is 18.8 Å². The van der Waals surface area contributed by atoms with Gasteiger partial charge >= 0.3 is 0 Å². The van der Waals surface area contributed by atoms with Crippen LogP contribution in [0.5, 0.6) is 0 Å². The summed E-state index contributed by atoms with van der Waals surface area (Å²) in [4.78, 5) is 14.6. The van der Waals surface area contributed by atoms with E-state index in [0.29, 0.717) is 17.7 Å². The number of hydrogen-bond donors (Lipinski definition) is 1. The molecule has 0 saturated heterocycles. The third kappa shape index (κ3) is 3.31. The SMILES string of the molecule is Nc1cccc(C(=O)CCN2CCc3ccccc3C2)c1. The number of benzene rings is 2. The van der Waals surface area contributed by atoms with Gasteiger partial charge in [-0.1, -0.05) is 36.4 Å². The zero-order chi connectivity index (χ0) is 14.7. The minimum atomic E-state index is 0.168. The third-order valence-corrected chi connectivity index (χ3v) is 4.07. The van der Waals surface area contributed by atoms with Crippen LogP contribution < -0.4 is 5.73 Å². The van der Waals surface area contributed by atoms with Gasteiger partial charge < -0.3 is 5.73 Å². The molecule has 108 valence electrons. The Morgan fingerprint density at radius 3 is 2.71 bits per heavy atom. The minimum absolute atomic E-state index is 0.168. The Kier molecular flexibility index (Phi) is 4.02. The van der Waals surface area contributed by atoms with Crippen molar-refractivity contribution in [2.24, 2.45) is 0 Å². The molecule has 0 spiro atoms. The molecule has 3 nitrogen and oxygen atoms in total. The highest BCUT2D eigenvalue weighted by atomic mass is 16.1. The second kappa shape index (κ2) is 6.10. The van der Waals surface area contributed by atoms with E-state index in [1.807, 2.05) is 12.1 Å². The van der Waals surface area contributed by atoms with Crippen LogP contribution in [0.3, 0.4) is 0 Å². The summed E-state index contributed by atoms with van der Waals surface area (Å²) in [6, 6.07) is 15.8. The number of nitrogens with zero attached hydrogens (tertiary/aromatic N) is 1. The van der Waals surface area contributed by atoms with Gasteiger partial charge in [-0.25, -0.2) is 0 Å². The first-order valence-electron chi connectivity index (χ1n) is 7.40. The number of nitrogens with two attached hydrogens (primary N) is 1. The number of fused-ring (bicyclic) bond motifs is 1. The first-order chi connectivity index (χ1) is 10.2. The fourth-order valence-corrected chi connectivity index (χ4v) is 2.86. The predicted octanol–water partition coefficient (Wildman–Crippen LogP) is 2.90. The fourth-order valence-electron chi connectivity index (χ4n) is 2.86. The Hall–Kier alpha value is -2.13. The van der Waals surface area contributed by atoms with E-state index in [1.165, 1.54) is 11.1 Å². The van der Waals surface area contributed by atoms with Gasteiger partial charge in [-0.15, -0.1) is 0 Å². The minimum Gasteiger partial charge on any atom is -0.399 e. The zero-order valence-corrected chi connectivity index (χ0v) is 12.1. The Balaban J connectivity index is 1.58. The van der Waals surface area contributed by atoms with Gasteiger partial charge in [-0.3, -0.25) is 9.69 Å². The van der Waals surface area contributed by atoms with Crippen LogP contribution in [0.4, 0.5) is 5.69 Å². The van der Waals surface area contributed by atoms with Gasteiger partial charge in [0, 0.05) is 37.3 Å². The number of carbonyl (C=O) groups is 1. The number of carbonyl (C=O) groups excluding carboxylic acids is 1. The Morgan fingerprint density at radius 2 is 1.90 bits per heavy atom. The van der Waals surface area contributed by atoms with Gasteiger partial charge in [0.25, 0.3) is 0 Å². The lowest BCUT2D eigenvalue weighted by atomic mass is 9.99. The lowest BCUT2D eigenvalue weighted by molar-refractivity contribution is 0.0961. The quantitative estimate of drug-likeness (QED) is 0.692. The van der Waals surface area contributed by atoms with Crippen LogP contribution in [0.2, 0.25) is 0 Å². The standard InChI is InChI=1S/C18H20N2O/c19-17-7-3-6-15(12-17)18(21)9-11-20-10-8-14-4-1-2-5-16(14)13-20/h1-7,12H,8-11,13,19H2.